The number of benzene rings is 1. The zero-order chi connectivity index (χ0) is 15.6. The van der Waals surface area contributed by atoms with Crippen LogP contribution in [0.3, 0.4) is 0 Å². The van der Waals surface area contributed by atoms with Crippen LogP contribution in [0.25, 0.3) is 10.9 Å². The van der Waals surface area contributed by atoms with E-state index in [2.05, 4.69) is 21.8 Å². The van der Waals surface area contributed by atoms with Crippen molar-refractivity contribution in [3.63, 3.8) is 0 Å². The van der Waals surface area contributed by atoms with Gasteiger partial charge in [-0.05, 0) is 36.1 Å². The van der Waals surface area contributed by atoms with Gasteiger partial charge in [0.1, 0.15) is 17.1 Å². The zero-order valence-corrected chi connectivity index (χ0v) is 11.2. The third-order valence-electron chi connectivity index (χ3n) is 2.96. The molecule has 5 heteroatoms. The highest BCUT2D eigenvalue weighted by Gasteiger charge is 2.32. The molecule has 0 saturated heterocycles. The van der Waals surface area contributed by atoms with Crippen LogP contribution >= 0.6 is 0 Å². The van der Waals surface area contributed by atoms with Crippen LogP contribution in [0.4, 0.5) is 13.2 Å². The number of rotatable bonds is 0. The fourth-order valence-electron chi connectivity index (χ4n) is 1.93. The van der Waals surface area contributed by atoms with Crippen molar-refractivity contribution in [2.24, 2.45) is 0 Å². The molecule has 2 nitrogen and oxygen atoms in total. The molecule has 0 fully saturated rings. The van der Waals surface area contributed by atoms with Crippen molar-refractivity contribution in [3.8, 4) is 11.8 Å². The molecule has 0 aliphatic heterocycles. The van der Waals surface area contributed by atoms with Gasteiger partial charge in [-0.2, -0.15) is 13.2 Å². The van der Waals surface area contributed by atoms with E-state index in [9.17, 15) is 13.2 Å². The molecule has 22 heavy (non-hydrogen) atoms. The summed E-state index contributed by atoms with van der Waals surface area (Å²) in [6.45, 7) is 0. The average molecular weight is 298 g/mol. The first-order valence-corrected chi connectivity index (χ1v) is 6.44. The number of pyridine rings is 2. The summed E-state index contributed by atoms with van der Waals surface area (Å²) in [5.41, 5.74) is 0.375. The van der Waals surface area contributed by atoms with E-state index in [-0.39, 0.29) is 5.69 Å². The molecular formula is C17H9F3N2. The lowest BCUT2D eigenvalue weighted by Crippen LogP contribution is -2.08. The number of alkyl halides is 3. The third-order valence-corrected chi connectivity index (χ3v) is 2.96. The number of nitrogens with zero attached hydrogens (tertiary/aromatic N) is 2. The minimum atomic E-state index is -4.47. The smallest absolute Gasteiger partial charge is 0.239 e. The fraction of sp³-hybridized carbons (Fsp3) is 0.0588. The Balaban J connectivity index is 1.94. The molecule has 0 amide bonds. The Morgan fingerprint density at radius 3 is 2.23 bits per heavy atom. The number of hydrogen-bond donors (Lipinski definition) is 0. The van der Waals surface area contributed by atoms with Gasteiger partial charge in [-0.15, -0.1) is 0 Å². The SMILES string of the molecule is FC(F)(F)c1cccc(C#Cc2ccc3ccccc3n2)n1. The third kappa shape index (κ3) is 3.07. The molecular weight excluding hydrogens is 289 g/mol. The highest BCUT2D eigenvalue weighted by atomic mass is 19.4. The lowest BCUT2D eigenvalue weighted by atomic mass is 10.2. The van der Waals surface area contributed by atoms with Crippen molar-refractivity contribution in [2.75, 3.05) is 0 Å². The van der Waals surface area contributed by atoms with Crippen LogP contribution < -0.4 is 0 Å². The number of aromatic nitrogens is 2. The number of para-hydroxylation sites is 1. The molecule has 108 valence electrons. The van der Waals surface area contributed by atoms with Crippen molar-refractivity contribution >= 4 is 10.9 Å². The Kier molecular flexibility index (Phi) is 3.51. The first-order valence-electron chi connectivity index (χ1n) is 6.44. The van der Waals surface area contributed by atoms with Crippen LogP contribution in [-0.2, 0) is 6.18 Å². The minimum Gasteiger partial charge on any atom is -0.239 e. The monoisotopic (exact) mass is 298 g/mol. The van der Waals surface area contributed by atoms with Gasteiger partial charge in [0.15, 0.2) is 0 Å². The van der Waals surface area contributed by atoms with Crippen LogP contribution in [0.1, 0.15) is 17.1 Å². The second-order valence-corrected chi connectivity index (χ2v) is 4.55. The first-order chi connectivity index (χ1) is 10.5. The van der Waals surface area contributed by atoms with Gasteiger partial charge < -0.3 is 0 Å². The van der Waals surface area contributed by atoms with Gasteiger partial charge in [-0.25, -0.2) is 9.97 Å². The highest BCUT2D eigenvalue weighted by molar-refractivity contribution is 5.78. The molecule has 0 unspecified atom stereocenters. The summed E-state index contributed by atoms with van der Waals surface area (Å²) in [6, 6.07) is 14.8. The quantitative estimate of drug-likeness (QED) is 0.585. The van der Waals surface area contributed by atoms with Crippen LogP contribution in [-0.4, -0.2) is 9.97 Å². The van der Waals surface area contributed by atoms with Gasteiger partial charge in [0.25, 0.3) is 0 Å². The Bertz CT molecular complexity index is 889. The molecule has 2 heterocycles. The summed E-state index contributed by atoms with van der Waals surface area (Å²) in [6.07, 6.45) is -4.47. The van der Waals surface area contributed by atoms with Crippen LogP contribution in [0.2, 0.25) is 0 Å². The van der Waals surface area contributed by atoms with Crippen molar-refractivity contribution in [1.82, 2.24) is 9.97 Å². The topological polar surface area (TPSA) is 25.8 Å². The molecule has 1 aromatic carbocycles. The summed E-state index contributed by atoms with van der Waals surface area (Å²) in [4.78, 5) is 7.83. The largest absolute Gasteiger partial charge is 0.433 e. The predicted octanol–water partition coefficient (Wildman–Crippen LogP) is 4.05. The fourth-order valence-corrected chi connectivity index (χ4v) is 1.93. The van der Waals surface area contributed by atoms with Crippen LogP contribution in [0, 0.1) is 11.8 Å². The molecule has 0 aliphatic rings. The minimum absolute atomic E-state index is 0.0600. The molecule has 0 atom stereocenters. The zero-order valence-electron chi connectivity index (χ0n) is 11.2. The van der Waals surface area contributed by atoms with E-state index in [1.165, 1.54) is 12.1 Å². The van der Waals surface area contributed by atoms with Gasteiger partial charge >= 0.3 is 6.18 Å². The Labute approximate surface area is 124 Å². The van der Waals surface area contributed by atoms with Crippen molar-refractivity contribution in [1.29, 1.82) is 0 Å². The second kappa shape index (κ2) is 5.49. The van der Waals surface area contributed by atoms with Crippen molar-refractivity contribution in [2.45, 2.75) is 6.18 Å². The van der Waals surface area contributed by atoms with Gasteiger partial charge in [0, 0.05) is 5.39 Å². The molecule has 0 aliphatic carbocycles. The average Bonchev–Trinajstić information content (AvgIpc) is 2.52. The molecule has 3 rings (SSSR count). The standard InChI is InChI=1S/C17H9F3N2/c18-17(19,20)16-7-3-5-13(22-16)10-11-14-9-8-12-4-1-2-6-15(12)21-14/h1-9H. The van der Waals surface area contributed by atoms with Gasteiger partial charge in [0.05, 0.1) is 5.52 Å². The summed E-state index contributed by atoms with van der Waals surface area (Å²) in [5.74, 6) is 5.36. The maximum Gasteiger partial charge on any atom is 0.433 e. The number of halogens is 3. The Morgan fingerprint density at radius 2 is 1.45 bits per heavy atom. The predicted molar refractivity (Wildman–Crippen MR) is 77.0 cm³/mol. The van der Waals surface area contributed by atoms with Gasteiger partial charge in [-0.1, -0.05) is 30.3 Å². The van der Waals surface area contributed by atoms with E-state index in [0.29, 0.717) is 5.69 Å². The van der Waals surface area contributed by atoms with Crippen molar-refractivity contribution in [3.05, 3.63) is 71.7 Å². The molecule has 0 spiro atoms. The van der Waals surface area contributed by atoms with Crippen LogP contribution in [0.5, 0.6) is 0 Å². The van der Waals surface area contributed by atoms with Gasteiger partial charge in [-0.3, -0.25) is 0 Å². The molecule has 2 aromatic heterocycles. The lowest BCUT2D eigenvalue weighted by molar-refractivity contribution is -0.141. The van der Waals surface area contributed by atoms with Gasteiger partial charge in [0.2, 0.25) is 0 Å². The molecule has 0 saturated carbocycles. The number of hydrogen-bond acceptors (Lipinski definition) is 2. The maximum absolute atomic E-state index is 12.6. The Hall–Kier alpha value is -2.87. The van der Waals surface area contributed by atoms with E-state index in [0.717, 1.165) is 17.0 Å². The second-order valence-electron chi connectivity index (χ2n) is 4.55. The van der Waals surface area contributed by atoms with Crippen molar-refractivity contribution < 1.29 is 13.2 Å². The normalized spacial score (nSPS) is 11.0. The molecule has 0 radical (unpaired) electrons. The van der Waals surface area contributed by atoms with E-state index >= 15 is 0 Å². The molecule has 0 bridgehead atoms. The van der Waals surface area contributed by atoms with E-state index < -0.39 is 11.9 Å². The number of fused-ring (bicyclic) bond motifs is 1. The van der Waals surface area contributed by atoms with E-state index in [1.54, 1.807) is 6.07 Å². The van der Waals surface area contributed by atoms with E-state index in [1.807, 2.05) is 30.3 Å². The van der Waals surface area contributed by atoms with Crippen LogP contribution in [0.15, 0.2) is 54.6 Å². The summed E-state index contributed by atoms with van der Waals surface area (Å²) >= 11 is 0. The Morgan fingerprint density at radius 1 is 0.727 bits per heavy atom. The maximum atomic E-state index is 12.6. The molecule has 0 N–H and O–H groups in total. The summed E-state index contributed by atoms with van der Waals surface area (Å²) in [5, 5.41) is 0.977. The summed E-state index contributed by atoms with van der Waals surface area (Å²) < 4.78 is 37.7. The highest BCUT2D eigenvalue weighted by Crippen LogP contribution is 2.27. The lowest BCUT2D eigenvalue weighted by Gasteiger charge is -2.04. The molecule has 3 aromatic rings. The van der Waals surface area contributed by atoms with E-state index in [4.69, 9.17) is 0 Å². The first kappa shape index (κ1) is 14.1. The summed E-state index contributed by atoms with van der Waals surface area (Å²) in [7, 11) is 0.